The summed E-state index contributed by atoms with van der Waals surface area (Å²) in [4.78, 5) is 27.8. The number of aryl methyl sites for hydroxylation is 3. The molecule has 0 bridgehead atoms. The molecular formula is C20H28N6O2S. The average Bonchev–Trinajstić information content (AvgIpc) is 3.17. The Bertz CT molecular complexity index is 924. The van der Waals surface area contributed by atoms with E-state index in [1.165, 1.54) is 0 Å². The van der Waals surface area contributed by atoms with Crippen LogP contribution in [0.3, 0.4) is 0 Å². The van der Waals surface area contributed by atoms with E-state index in [0.717, 1.165) is 80.8 Å². The number of hydrogen-bond acceptors (Lipinski definition) is 7. The first-order valence-corrected chi connectivity index (χ1v) is 11.3. The van der Waals surface area contributed by atoms with E-state index in [1.807, 2.05) is 0 Å². The number of nitrogens with one attached hydrogen (secondary N) is 1. The summed E-state index contributed by atoms with van der Waals surface area (Å²) in [7, 11) is 0. The van der Waals surface area contributed by atoms with Crippen molar-refractivity contribution < 1.29 is 4.79 Å². The molecule has 8 nitrogen and oxygen atoms in total. The van der Waals surface area contributed by atoms with E-state index in [2.05, 4.69) is 24.9 Å². The lowest BCUT2D eigenvalue weighted by Gasteiger charge is -2.35. The molecule has 156 valence electrons. The van der Waals surface area contributed by atoms with Crippen LogP contribution in [0, 0.1) is 6.92 Å². The normalized spacial score (nSPS) is 19.7. The second-order valence-corrected chi connectivity index (χ2v) is 8.72. The fraction of sp³-hybridized carbons (Fsp3) is 0.650. The molecule has 29 heavy (non-hydrogen) atoms. The Hall–Kier alpha value is -2.13. The molecule has 4 rings (SSSR count). The summed E-state index contributed by atoms with van der Waals surface area (Å²) in [5.41, 5.74) is 2.89. The lowest BCUT2D eigenvalue weighted by atomic mass is 9.97. The zero-order valence-corrected chi connectivity index (χ0v) is 17.7. The summed E-state index contributed by atoms with van der Waals surface area (Å²) in [6.07, 6.45) is 7.61. The quantitative estimate of drug-likeness (QED) is 0.768. The molecule has 1 aliphatic heterocycles. The largest absolute Gasteiger partial charge is 0.350 e. The van der Waals surface area contributed by atoms with Gasteiger partial charge >= 0.3 is 0 Å². The smallest absolute Gasteiger partial charge is 0.267 e. The van der Waals surface area contributed by atoms with Crippen LogP contribution in [0.4, 0.5) is 0 Å². The summed E-state index contributed by atoms with van der Waals surface area (Å²) in [6, 6.07) is 2.06. The summed E-state index contributed by atoms with van der Waals surface area (Å²) < 4.78 is 5.46. The molecule has 1 aliphatic carbocycles. The number of aromatic nitrogens is 4. The molecule has 1 N–H and O–H groups in total. The molecule has 1 saturated heterocycles. The van der Waals surface area contributed by atoms with Crippen LogP contribution in [-0.4, -0.2) is 55.9 Å². The second-order valence-electron chi connectivity index (χ2n) is 7.97. The van der Waals surface area contributed by atoms with E-state index >= 15 is 0 Å². The van der Waals surface area contributed by atoms with Gasteiger partial charge in [-0.05, 0) is 69.1 Å². The lowest BCUT2D eigenvalue weighted by molar-refractivity contribution is 0.0912. The van der Waals surface area contributed by atoms with Gasteiger partial charge in [0, 0.05) is 25.2 Å². The SMILES string of the molecule is Cc1nnsc1C(=O)NCC1CCCCN1CCn1nc2c(cc1=O)CCCC2. The van der Waals surface area contributed by atoms with E-state index in [-0.39, 0.29) is 17.5 Å². The molecule has 0 radical (unpaired) electrons. The molecule has 2 aromatic heterocycles. The Balaban J connectivity index is 1.36. The van der Waals surface area contributed by atoms with Gasteiger partial charge in [-0.3, -0.25) is 14.5 Å². The predicted molar refractivity (Wildman–Crippen MR) is 111 cm³/mol. The number of fused-ring (bicyclic) bond motifs is 1. The molecule has 1 unspecified atom stereocenters. The van der Waals surface area contributed by atoms with Gasteiger partial charge in [0.2, 0.25) is 0 Å². The van der Waals surface area contributed by atoms with E-state index in [0.29, 0.717) is 23.7 Å². The molecule has 0 saturated carbocycles. The van der Waals surface area contributed by atoms with Gasteiger partial charge in [0.05, 0.1) is 17.9 Å². The number of likely N-dealkylation sites (tertiary alicyclic amines) is 1. The standard InChI is InChI=1S/C20H28N6O2S/c1-14-19(29-24-22-14)20(28)21-13-16-7-4-5-9-25(16)10-11-26-18(27)12-15-6-2-3-8-17(15)23-26/h12,16H,2-11,13H2,1H3,(H,21,28). The van der Waals surface area contributed by atoms with Gasteiger partial charge in [-0.1, -0.05) is 10.9 Å². The molecular weight excluding hydrogens is 388 g/mol. The number of rotatable bonds is 6. The van der Waals surface area contributed by atoms with Crippen molar-refractivity contribution in [2.24, 2.45) is 0 Å². The van der Waals surface area contributed by atoms with Gasteiger partial charge in [0.25, 0.3) is 11.5 Å². The number of carbonyl (C=O) groups excluding carboxylic acids is 1. The third-order valence-corrected chi connectivity index (χ3v) is 6.80. The van der Waals surface area contributed by atoms with Crippen molar-refractivity contribution in [3.05, 3.63) is 38.2 Å². The minimum Gasteiger partial charge on any atom is -0.350 e. The monoisotopic (exact) mass is 416 g/mol. The number of hydrogen-bond donors (Lipinski definition) is 1. The topological polar surface area (TPSA) is 93.0 Å². The number of piperidine rings is 1. The van der Waals surface area contributed by atoms with E-state index < -0.39 is 0 Å². The highest BCUT2D eigenvalue weighted by Crippen LogP contribution is 2.18. The molecule has 2 aliphatic rings. The summed E-state index contributed by atoms with van der Waals surface area (Å²) >= 11 is 1.13. The van der Waals surface area contributed by atoms with Gasteiger partial charge < -0.3 is 5.32 Å². The van der Waals surface area contributed by atoms with Crippen LogP contribution in [0.25, 0.3) is 0 Å². The van der Waals surface area contributed by atoms with Gasteiger partial charge in [0.1, 0.15) is 4.88 Å². The minimum absolute atomic E-state index is 0.000632. The molecule has 0 aromatic carbocycles. The molecule has 0 spiro atoms. The van der Waals surface area contributed by atoms with E-state index in [1.54, 1.807) is 17.7 Å². The second kappa shape index (κ2) is 9.13. The molecule has 9 heteroatoms. The van der Waals surface area contributed by atoms with Gasteiger partial charge in [-0.25, -0.2) is 4.68 Å². The number of carbonyl (C=O) groups is 1. The highest BCUT2D eigenvalue weighted by atomic mass is 32.1. The molecule has 1 fully saturated rings. The van der Waals surface area contributed by atoms with E-state index in [4.69, 9.17) is 0 Å². The highest BCUT2D eigenvalue weighted by Gasteiger charge is 2.24. The Morgan fingerprint density at radius 1 is 1.24 bits per heavy atom. The maximum atomic E-state index is 12.4. The predicted octanol–water partition coefficient (Wildman–Crippen LogP) is 1.57. The zero-order chi connectivity index (χ0) is 20.2. The maximum absolute atomic E-state index is 12.4. The van der Waals surface area contributed by atoms with Crippen molar-refractivity contribution in [3.63, 3.8) is 0 Å². The van der Waals surface area contributed by atoms with Gasteiger partial charge in [-0.2, -0.15) is 5.10 Å². The van der Waals surface area contributed by atoms with Crippen molar-refractivity contribution in [3.8, 4) is 0 Å². The molecule has 1 atom stereocenters. The Morgan fingerprint density at radius 2 is 2.10 bits per heavy atom. The van der Waals surface area contributed by atoms with Crippen LogP contribution in [0.1, 0.15) is 58.7 Å². The lowest BCUT2D eigenvalue weighted by Crippen LogP contribution is -2.48. The van der Waals surface area contributed by atoms with Crippen molar-refractivity contribution >= 4 is 17.4 Å². The third kappa shape index (κ3) is 4.72. The first-order chi connectivity index (χ1) is 14.1. The van der Waals surface area contributed by atoms with Gasteiger partial charge in [-0.15, -0.1) is 5.10 Å². The highest BCUT2D eigenvalue weighted by molar-refractivity contribution is 7.07. The Kier molecular flexibility index (Phi) is 6.34. The van der Waals surface area contributed by atoms with Crippen LogP contribution < -0.4 is 10.9 Å². The van der Waals surface area contributed by atoms with Crippen molar-refractivity contribution in [1.82, 2.24) is 29.6 Å². The summed E-state index contributed by atoms with van der Waals surface area (Å²) in [5.74, 6) is -0.101. The summed E-state index contributed by atoms with van der Waals surface area (Å²) in [5, 5.41) is 11.6. The third-order valence-electron chi connectivity index (χ3n) is 5.98. The number of nitrogens with zero attached hydrogens (tertiary/aromatic N) is 5. The fourth-order valence-corrected chi connectivity index (χ4v) is 4.87. The zero-order valence-electron chi connectivity index (χ0n) is 16.9. The number of amides is 1. The van der Waals surface area contributed by atoms with Crippen LogP contribution in [-0.2, 0) is 19.4 Å². The van der Waals surface area contributed by atoms with Crippen molar-refractivity contribution in [2.45, 2.75) is 64.5 Å². The Labute approximate surface area is 174 Å². The van der Waals surface area contributed by atoms with Crippen LogP contribution in [0.15, 0.2) is 10.9 Å². The first-order valence-electron chi connectivity index (χ1n) is 10.5. The van der Waals surface area contributed by atoms with E-state index in [9.17, 15) is 9.59 Å². The van der Waals surface area contributed by atoms with Crippen LogP contribution >= 0.6 is 11.5 Å². The minimum atomic E-state index is -0.101. The molecule has 2 aromatic rings. The summed E-state index contributed by atoms with van der Waals surface area (Å²) in [6.45, 7) is 4.75. The van der Waals surface area contributed by atoms with Crippen LogP contribution in [0.5, 0.6) is 0 Å². The molecule has 3 heterocycles. The van der Waals surface area contributed by atoms with Crippen molar-refractivity contribution in [2.75, 3.05) is 19.6 Å². The average molecular weight is 417 g/mol. The molecule has 1 amide bonds. The maximum Gasteiger partial charge on any atom is 0.267 e. The first kappa shape index (κ1) is 20.2. The van der Waals surface area contributed by atoms with Crippen molar-refractivity contribution in [1.29, 1.82) is 0 Å². The fourth-order valence-electron chi connectivity index (χ4n) is 4.30. The van der Waals surface area contributed by atoms with Crippen LogP contribution in [0.2, 0.25) is 0 Å². The van der Waals surface area contributed by atoms with Gasteiger partial charge in [0.15, 0.2) is 0 Å². The Morgan fingerprint density at radius 3 is 2.93 bits per heavy atom.